The lowest BCUT2D eigenvalue weighted by molar-refractivity contribution is -0.132. The standard InChI is InChI=1S/C31H34Cl2N4O3/c1-35(2)25-11-8-22(9-12-25)20-36(15-14-24-19-34-29-7-5-4-6-26(24)29)30(38)21-37(16-17-40-3)31(39)23-10-13-27(32)28(33)18-23/h4-13,18-19,34H,14-17,20-21H2,1-3H3. The number of aromatic amines is 1. The van der Waals surface area contributed by atoms with Gasteiger partial charge >= 0.3 is 0 Å². The van der Waals surface area contributed by atoms with Crippen LogP contribution in [0.3, 0.4) is 0 Å². The van der Waals surface area contributed by atoms with E-state index in [1.54, 1.807) is 19.2 Å². The molecule has 210 valence electrons. The molecule has 0 fully saturated rings. The second-order valence-electron chi connectivity index (χ2n) is 9.83. The van der Waals surface area contributed by atoms with E-state index in [2.05, 4.69) is 11.1 Å². The molecule has 1 aromatic heterocycles. The number of nitrogens with zero attached hydrogens (tertiary/aromatic N) is 3. The SMILES string of the molecule is COCCN(CC(=O)N(CCc1c[nH]c2ccccc12)Cc1ccc(N(C)C)cc1)C(=O)c1ccc(Cl)c(Cl)c1. The molecule has 0 bridgehead atoms. The normalized spacial score (nSPS) is 11.0. The lowest BCUT2D eigenvalue weighted by atomic mass is 10.1. The van der Waals surface area contributed by atoms with E-state index in [-0.39, 0.29) is 29.9 Å². The highest BCUT2D eigenvalue weighted by Crippen LogP contribution is 2.24. The highest BCUT2D eigenvalue weighted by molar-refractivity contribution is 6.42. The van der Waals surface area contributed by atoms with Crippen LogP contribution < -0.4 is 4.90 Å². The molecule has 0 aliphatic rings. The molecule has 0 atom stereocenters. The summed E-state index contributed by atoms with van der Waals surface area (Å²) in [4.78, 5) is 35.9. The van der Waals surface area contributed by atoms with E-state index in [1.807, 2.05) is 72.6 Å². The molecule has 1 heterocycles. The number of fused-ring (bicyclic) bond motifs is 1. The summed E-state index contributed by atoms with van der Waals surface area (Å²) >= 11 is 12.2. The summed E-state index contributed by atoms with van der Waals surface area (Å²) in [6.07, 6.45) is 2.67. The molecule has 0 saturated carbocycles. The molecule has 0 aliphatic carbocycles. The largest absolute Gasteiger partial charge is 0.383 e. The number of benzene rings is 3. The van der Waals surface area contributed by atoms with Gasteiger partial charge in [-0.2, -0.15) is 0 Å². The van der Waals surface area contributed by atoms with E-state index in [0.717, 1.165) is 27.7 Å². The molecular weight excluding hydrogens is 547 g/mol. The van der Waals surface area contributed by atoms with E-state index in [1.165, 1.54) is 11.0 Å². The number of aromatic nitrogens is 1. The number of carbonyl (C=O) groups is 2. The second-order valence-corrected chi connectivity index (χ2v) is 10.6. The van der Waals surface area contributed by atoms with Gasteiger partial charge in [0.05, 0.1) is 16.7 Å². The number of halogens is 2. The highest BCUT2D eigenvalue weighted by atomic mass is 35.5. The van der Waals surface area contributed by atoms with Crippen molar-refractivity contribution in [2.75, 3.05) is 52.3 Å². The van der Waals surface area contributed by atoms with Crippen LogP contribution in [-0.4, -0.2) is 74.0 Å². The Hall–Kier alpha value is -3.52. The number of para-hydroxylation sites is 1. The minimum Gasteiger partial charge on any atom is -0.383 e. The maximum atomic E-state index is 13.8. The first kappa shape index (κ1) is 29.5. The van der Waals surface area contributed by atoms with Gasteiger partial charge in [0, 0.05) is 69.2 Å². The van der Waals surface area contributed by atoms with E-state index in [0.29, 0.717) is 36.7 Å². The predicted molar refractivity (Wildman–Crippen MR) is 162 cm³/mol. The number of rotatable bonds is 12. The zero-order valence-electron chi connectivity index (χ0n) is 23.0. The molecule has 9 heteroatoms. The first-order valence-electron chi connectivity index (χ1n) is 13.1. The summed E-state index contributed by atoms with van der Waals surface area (Å²) in [6, 6.07) is 21.0. The van der Waals surface area contributed by atoms with Crippen molar-refractivity contribution in [2.24, 2.45) is 0 Å². The van der Waals surface area contributed by atoms with Crippen molar-refractivity contribution in [3.63, 3.8) is 0 Å². The zero-order valence-corrected chi connectivity index (χ0v) is 24.5. The van der Waals surface area contributed by atoms with Crippen LogP contribution in [-0.2, 0) is 22.5 Å². The van der Waals surface area contributed by atoms with Gasteiger partial charge < -0.3 is 24.4 Å². The van der Waals surface area contributed by atoms with Crippen molar-refractivity contribution >= 4 is 51.6 Å². The second kappa shape index (κ2) is 13.7. The van der Waals surface area contributed by atoms with Crippen LogP contribution >= 0.6 is 23.2 Å². The van der Waals surface area contributed by atoms with Crippen LogP contribution in [0.5, 0.6) is 0 Å². The Morgan fingerprint density at radius 1 is 0.900 bits per heavy atom. The monoisotopic (exact) mass is 580 g/mol. The Balaban J connectivity index is 1.56. The molecule has 0 radical (unpaired) electrons. The molecular formula is C31H34Cl2N4O3. The fraction of sp³-hybridized carbons (Fsp3) is 0.290. The van der Waals surface area contributed by atoms with E-state index >= 15 is 0 Å². The smallest absolute Gasteiger partial charge is 0.254 e. The summed E-state index contributed by atoms with van der Waals surface area (Å²) in [6.45, 7) is 1.38. The molecule has 4 aromatic rings. The van der Waals surface area contributed by atoms with Gasteiger partial charge in [0.15, 0.2) is 0 Å². The lowest BCUT2D eigenvalue weighted by Gasteiger charge is -2.28. The van der Waals surface area contributed by atoms with Gasteiger partial charge in [0.1, 0.15) is 6.54 Å². The maximum absolute atomic E-state index is 13.8. The predicted octanol–water partition coefficient (Wildman–Crippen LogP) is 5.90. The van der Waals surface area contributed by atoms with Crippen molar-refractivity contribution < 1.29 is 14.3 Å². The topological polar surface area (TPSA) is 68.9 Å². The minimum absolute atomic E-state index is 0.0912. The van der Waals surface area contributed by atoms with Crippen LogP contribution in [0.2, 0.25) is 10.0 Å². The highest BCUT2D eigenvalue weighted by Gasteiger charge is 2.23. The van der Waals surface area contributed by atoms with Crippen molar-refractivity contribution in [2.45, 2.75) is 13.0 Å². The van der Waals surface area contributed by atoms with Gasteiger partial charge in [-0.3, -0.25) is 9.59 Å². The number of hydrogen-bond donors (Lipinski definition) is 1. The Bertz CT molecular complexity index is 1450. The lowest BCUT2D eigenvalue weighted by Crippen LogP contribution is -2.44. The van der Waals surface area contributed by atoms with Crippen LogP contribution in [0.4, 0.5) is 5.69 Å². The Morgan fingerprint density at radius 3 is 2.35 bits per heavy atom. The molecule has 0 aliphatic heterocycles. The van der Waals surface area contributed by atoms with Crippen molar-refractivity contribution in [1.29, 1.82) is 0 Å². The molecule has 7 nitrogen and oxygen atoms in total. The average Bonchev–Trinajstić information content (AvgIpc) is 3.37. The van der Waals surface area contributed by atoms with Gasteiger partial charge in [-0.25, -0.2) is 0 Å². The number of carbonyl (C=O) groups excluding carboxylic acids is 2. The van der Waals surface area contributed by atoms with E-state index in [9.17, 15) is 9.59 Å². The van der Waals surface area contributed by atoms with Crippen molar-refractivity contribution in [1.82, 2.24) is 14.8 Å². The van der Waals surface area contributed by atoms with Crippen LogP contribution in [0.15, 0.2) is 72.9 Å². The fourth-order valence-electron chi connectivity index (χ4n) is 4.53. The third kappa shape index (κ3) is 7.36. The molecule has 0 spiro atoms. The van der Waals surface area contributed by atoms with Gasteiger partial charge in [-0.1, -0.05) is 53.5 Å². The summed E-state index contributed by atoms with van der Waals surface area (Å²) in [5.74, 6) is -0.461. The van der Waals surface area contributed by atoms with Gasteiger partial charge in [-0.05, 0) is 53.9 Å². The number of amides is 2. The number of H-pyrrole nitrogens is 1. The molecule has 40 heavy (non-hydrogen) atoms. The van der Waals surface area contributed by atoms with Crippen molar-refractivity contribution in [3.05, 3.63) is 99.7 Å². The summed E-state index contributed by atoms with van der Waals surface area (Å²) in [5.41, 5.74) is 4.66. The number of nitrogens with one attached hydrogen (secondary N) is 1. The Morgan fingerprint density at radius 2 is 1.65 bits per heavy atom. The van der Waals surface area contributed by atoms with Crippen molar-refractivity contribution in [3.8, 4) is 0 Å². The van der Waals surface area contributed by atoms with Gasteiger partial charge in [-0.15, -0.1) is 0 Å². The minimum atomic E-state index is -0.309. The third-order valence-corrected chi connectivity index (χ3v) is 7.59. The van der Waals surface area contributed by atoms with Gasteiger partial charge in [0.25, 0.3) is 5.91 Å². The number of methoxy groups -OCH3 is 1. The molecule has 0 unspecified atom stereocenters. The quantitative estimate of drug-likeness (QED) is 0.226. The molecule has 3 aromatic carbocycles. The number of hydrogen-bond acceptors (Lipinski definition) is 4. The average molecular weight is 582 g/mol. The third-order valence-electron chi connectivity index (χ3n) is 6.85. The maximum Gasteiger partial charge on any atom is 0.254 e. The van der Waals surface area contributed by atoms with Crippen LogP contribution in [0.25, 0.3) is 10.9 Å². The van der Waals surface area contributed by atoms with E-state index in [4.69, 9.17) is 27.9 Å². The molecule has 1 N–H and O–H groups in total. The molecule has 2 amide bonds. The Kier molecular flexibility index (Phi) is 10.1. The number of ether oxygens (including phenoxy) is 1. The first-order chi connectivity index (χ1) is 19.3. The fourth-order valence-corrected chi connectivity index (χ4v) is 4.83. The van der Waals surface area contributed by atoms with Gasteiger partial charge in [0.2, 0.25) is 5.91 Å². The summed E-state index contributed by atoms with van der Waals surface area (Å²) in [7, 11) is 5.55. The number of anilines is 1. The van der Waals surface area contributed by atoms with E-state index < -0.39 is 0 Å². The van der Waals surface area contributed by atoms with Crippen LogP contribution in [0, 0.1) is 0 Å². The summed E-state index contributed by atoms with van der Waals surface area (Å²) < 4.78 is 5.23. The first-order valence-corrected chi connectivity index (χ1v) is 13.8. The summed E-state index contributed by atoms with van der Waals surface area (Å²) in [5, 5.41) is 1.79. The Labute approximate surface area is 245 Å². The zero-order chi connectivity index (χ0) is 28.6. The molecule has 0 saturated heterocycles. The molecule has 4 rings (SSSR count). The van der Waals surface area contributed by atoms with Crippen LogP contribution in [0.1, 0.15) is 21.5 Å².